The smallest absolute Gasteiger partial charge is 0.402 e. The summed E-state index contributed by atoms with van der Waals surface area (Å²) in [5.41, 5.74) is 0. The Morgan fingerprint density at radius 3 is 2.22 bits per heavy atom. The van der Waals surface area contributed by atoms with Gasteiger partial charge in [-0.25, -0.2) is 0 Å². The van der Waals surface area contributed by atoms with Crippen LogP contribution in [0.4, 0.5) is 0 Å². The molecule has 0 saturated carbocycles. The third kappa shape index (κ3) is 5.39. The van der Waals surface area contributed by atoms with E-state index in [0.717, 1.165) is 0 Å². The van der Waals surface area contributed by atoms with Gasteiger partial charge >= 0.3 is 22.0 Å². The molecule has 0 aromatic heterocycles. The van der Waals surface area contributed by atoms with E-state index in [1.807, 2.05) is 0 Å². The Hall–Kier alpha value is -0.205. The van der Waals surface area contributed by atoms with Crippen LogP contribution in [-0.2, 0) is 37.2 Å². The maximum Gasteiger partial charge on any atom is 0.639 e. The van der Waals surface area contributed by atoms with E-state index >= 15 is 0 Å². The Balaban J connectivity index is 1.28. The largest absolute Gasteiger partial charge is 0.639 e. The standard InChI is InChI=1S/C10H19B3O10/c14-1-8-2-17-13(18-3-8)23-10-6-20-12(21-7-10)19-5-9-4-16-11(15)22-9/h8-10,14-15H,1-7H2. The molecular weight excluding hydrogens is 313 g/mol. The van der Waals surface area contributed by atoms with Crippen LogP contribution >= 0.6 is 0 Å². The molecular formula is C10H19B3O10. The molecule has 0 bridgehead atoms. The highest BCUT2D eigenvalue weighted by Crippen LogP contribution is 2.14. The summed E-state index contributed by atoms with van der Waals surface area (Å²) in [4.78, 5) is 0. The van der Waals surface area contributed by atoms with Gasteiger partial charge in [-0.15, -0.1) is 0 Å². The fourth-order valence-electron chi connectivity index (χ4n) is 2.22. The molecule has 23 heavy (non-hydrogen) atoms. The third-order valence-electron chi connectivity index (χ3n) is 3.49. The average molecular weight is 332 g/mol. The highest BCUT2D eigenvalue weighted by atomic mass is 16.8. The molecule has 3 heterocycles. The first-order chi connectivity index (χ1) is 11.2. The van der Waals surface area contributed by atoms with Gasteiger partial charge in [-0.2, -0.15) is 0 Å². The molecule has 0 spiro atoms. The molecule has 13 heteroatoms. The highest BCUT2D eigenvalue weighted by Gasteiger charge is 2.38. The maximum atomic E-state index is 9.04. The van der Waals surface area contributed by atoms with Crippen molar-refractivity contribution in [3.8, 4) is 0 Å². The van der Waals surface area contributed by atoms with Crippen LogP contribution in [0.1, 0.15) is 0 Å². The third-order valence-corrected chi connectivity index (χ3v) is 3.49. The molecule has 0 radical (unpaired) electrons. The van der Waals surface area contributed by atoms with Crippen LogP contribution in [0.25, 0.3) is 0 Å². The molecule has 3 aliphatic heterocycles. The van der Waals surface area contributed by atoms with Crippen molar-refractivity contribution in [3.63, 3.8) is 0 Å². The van der Waals surface area contributed by atoms with Crippen molar-refractivity contribution < 1.29 is 47.4 Å². The first-order valence-corrected chi connectivity index (χ1v) is 7.52. The van der Waals surface area contributed by atoms with Gasteiger partial charge in [-0.05, 0) is 0 Å². The fraction of sp³-hybridized carbons (Fsp3) is 1.00. The van der Waals surface area contributed by atoms with Crippen molar-refractivity contribution in [2.24, 2.45) is 5.92 Å². The van der Waals surface area contributed by atoms with Crippen molar-refractivity contribution in [2.45, 2.75) is 12.2 Å². The first kappa shape index (κ1) is 17.6. The maximum absolute atomic E-state index is 9.04. The summed E-state index contributed by atoms with van der Waals surface area (Å²) in [6.45, 7) is 1.76. The average Bonchev–Trinajstić information content (AvgIpc) is 3.00. The summed E-state index contributed by atoms with van der Waals surface area (Å²) >= 11 is 0. The second kappa shape index (κ2) is 8.76. The minimum absolute atomic E-state index is 0.0215. The van der Waals surface area contributed by atoms with Crippen LogP contribution < -0.4 is 0 Å². The van der Waals surface area contributed by atoms with Crippen LogP contribution in [0.15, 0.2) is 0 Å². The lowest BCUT2D eigenvalue weighted by Gasteiger charge is -2.31. The Morgan fingerprint density at radius 1 is 0.913 bits per heavy atom. The first-order valence-electron chi connectivity index (χ1n) is 7.52. The van der Waals surface area contributed by atoms with E-state index in [2.05, 4.69) is 0 Å². The van der Waals surface area contributed by atoms with Crippen LogP contribution in [0.3, 0.4) is 0 Å². The summed E-state index contributed by atoms with van der Waals surface area (Å²) in [5.74, 6) is -0.0215. The number of hydrogen-bond donors (Lipinski definition) is 2. The Labute approximate surface area is 134 Å². The lowest BCUT2D eigenvalue weighted by molar-refractivity contribution is -0.0674. The van der Waals surface area contributed by atoms with Gasteiger partial charge in [0, 0.05) is 19.1 Å². The molecule has 3 aliphatic rings. The predicted molar refractivity (Wildman–Crippen MR) is 75.5 cm³/mol. The second-order valence-corrected chi connectivity index (χ2v) is 5.45. The van der Waals surface area contributed by atoms with Crippen molar-refractivity contribution in [3.05, 3.63) is 0 Å². The van der Waals surface area contributed by atoms with E-state index in [-0.39, 0.29) is 51.2 Å². The van der Waals surface area contributed by atoms with Gasteiger partial charge in [0.2, 0.25) is 0 Å². The van der Waals surface area contributed by atoms with Gasteiger partial charge in [-0.3, -0.25) is 0 Å². The van der Waals surface area contributed by atoms with E-state index in [9.17, 15) is 0 Å². The molecule has 128 valence electrons. The minimum atomic E-state index is -1.20. The second-order valence-electron chi connectivity index (χ2n) is 5.45. The summed E-state index contributed by atoms with van der Waals surface area (Å²) < 4.78 is 42.2. The Bertz CT molecular complexity index is 350. The lowest BCUT2D eigenvalue weighted by Crippen LogP contribution is -2.48. The molecule has 1 unspecified atom stereocenters. The quantitative estimate of drug-likeness (QED) is 0.504. The zero-order chi connectivity index (χ0) is 16.1. The fourth-order valence-corrected chi connectivity index (χ4v) is 2.22. The van der Waals surface area contributed by atoms with Gasteiger partial charge in [-0.1, -0.05) is 0 Å². The molecule has 0 aromatic rings. The van der Waals surface area contributed by atoms with Crippen molar-refractivity contribution >= 4 is 22.0 Å². The highest BCUT2D eigenvalue weighted by molar-refractivity contribution is 6.37. The van der Waals surface area contributed by atoms with E-state index in [4.69, 9.17) is 47.4 Å². The zero-order valence-corrected chi connectivity index (χ0v) is 12.6. The molecule has 2 N–H and O–H groups in total. The molecule has 3 fully saturated rings. The summed E-state index contributed by atoms with van der Waals surface area (Å²) in [6, 6.07) is 0. The van der Waals surface area contributed by atoms with Crippen LogP contribution in [0.2, 0.25) is 0 Å². The molecule has 0 aromatic carbocycles. The molecule has 3 saturated heterocycles. The van der Waals surface area contributed by atoms with Crippen molar-refractivity contribution in [2.75, 3.05) is 46.2 Å². The lowest BCUT2D eigenvalue weighted by atomic mass is 10.1. The van der Waals surface area contributed by atoms with Crippen LogP contribution in [0, 0.1) is 5.92 Å². The predicted octanol–water partition coefficient (Wildman–Crippen LogP) is -2.55. The topological polar surface area (TPSA) is 114 Å². The van der Waals surface area contributed by atoms with Gasteiger partial charge in [0.25, 0.3) is 0 Å². The number of hydrogen-bond acceptors (Lipinski definition) is 10. The van der Waals surface area contributed by atoms with Gasteiger partial charge in [0.1, 0.15) is 0 Å². The van der Waals surface area contributed by atoms with Gasteiger partial charge in [0.15, 0.2) is 0 Å². The SMILES string of the molecule is OCC1COB(OC2COB(OCC3COB(O)O3)OC2)OC1. The summed E-state index contributed by atoms with van der Waals surface area (Å²) in [5, 5.41) is 18.0. The van der Waals surface area contributed by atoms with Crippen LogP contribution in [-0.4, -0.2) is 90.6 Å². The van der Waals surface area contributed by atoms with Gasteiger partial charge in [0.05, 0.1) is 45.2 Å². The molecule has 10 nitrogen and oxygen atoms in total. The monoisotopic (exact) mass is 332 g/mol. The van der Waals surface area contributed by atoms with E-state index < -0.39 is 22.0 Å². The Morgan fingerprint density at radius 2 is 1.61 bits per heavy atom. The van der Waals surface area contributed by atoms with E-state index in [1.54, 1.807) is 0 Å². The van der Waals surface area contributed by atoms with E-state index in [0.29, 0.717) is 13.2 Å². The van der Waals surface area contributed by atoms with Crippen molar-refractivity contribution in [1.29, 1.82) is 0 Å². The van der Waals surface area contributed by atoms with E-state index in [1.165, 1.54) is 0 Å². The van der Waals surface area contributed by atoms with Crippen molar-refractivity contribution in [1.82, 2.24) is 0 Å². The van der Waals surface area contributed by atoms with Gasteiger partial charge < -0.3 is 47.4 Å². The minimum Gasteiger partial charge on any atom is -0.402 e. The molecule has 1 atom stereocenters. The number of aliphatic hydroxyl groups is 1. The normalized spacial score (nSPS) is 27.9. The zero-order valence-electron chi connectivity index (χ0n) is 12.6. The van der Waals surface area contributed by atoms with Crippen LogP contribution in [0.5, 0.6) is 0 Å². The molecule has 3 rings (SSSR count). The molecule has 0 aliphatic carbocycles. The summed E-state index contributed by atoms with van der Waals surface area (Å²) in [6.07, 6.45) is -0.687. The number of aliphatic hydroxyl groups excluding tert-OH is 1. The summed E-state index contributed by atoms with van der Waals surface area (Å²) in [7, 11) is -2.79. The molecule has 0 amide bonds. The number of rotatable bonds is 6. The Kier molecular flexibility index (Phi) is 6.71.